The third-order valence-corrected chi connectivity index (χ3v) is 3.50. The molecule has 0 aliphatic carbocycles. The van der Waals surface area contributed by atoms with Crippen molar-refractivity contribution in [3.8, 4) is 11.1 Å². The minimum atomic E-state index is -0.206. The summed E-state index contributed by atoms with van der Waals surface area (Å²) < 4.78 is 13.1. The maximum absolute atomic E-state index is 13.1. The summed E-state index contributed by atoms with van der Waals surface area (Å²) in [4.78, 5) is 2.11. The van der Waals surface area contributed by atoms with E-state index in [0.29, 0.717) is 0 Å². The lowest BCUT2D eigenvalue weighted by atomic mass is 9.99. The van der Waals surface area contributed by atoms with Gasteiger partial charge < -0.3 is 4.90 Å². The van der Waals surface area contributed by atoms with Crippen molar-refractivity contribution in [1.82, 2.24) is 0 Å². The highest BCUT2D eigenvalue weighted by Gasteiger charge is 2.07. The molecule has 0 N–H and O–H groups in total. The Kier molecular flexibility index (Phi) is 3.15. The van der Waals surface area contributed by atoms with Crippen LogP contribution in [-0.4, -0.2) is 14.1 Å². The molecule has 0 heterocycles. The maximum atomic E-state index is 13.1. The summed E-state index contributed by atoms with van der Waals surface area (Å²) in [5.41, 5.74) is 3.30. The highest BCUT2D eigenvalue weighted by molar-refractivity contribution is 5.98. The zero-order valence-corrected chi connectivity index (χ0v) is 11.6. The molecule has 0 aromatic heterocycles. The number of halogens is 1. The van der Waals surface area contributed by atoms with Crippen LogP contribution in [0.25, 0.3) is 21.9 Å². The Labute approximate surface area is 118 Å². The van der Waals surface area contributed by atoms with Crippen LogP contribution < -0.4 is 4.90 Å². The third-order valence-electron chi connectivity index (χ3n) is 3.50. The summed E-state index contributed by atoms with van der Waals surface area (Å²) in [6, 6.07) is 19.3. The molecule has 0 spiro atoms. The van der Waals surface area contributed by atoms with Gasteiger partial charge in [-0.15, -0.1) is 0 Å². The topological polar surface area (TPSA) is 3.24 Å². The Morgan fingerprint density at radius 3 is 2.20 bits per heavy atom. The van der Waals surface area contributed by atoms with E-state index in [1.54, 1.807) is 0 Å². The third kappa shape index (κ3) is 2.25. The second-order valence-electron chi connectivity index (χ2n) is 5.12. The first-order valence-electron chi connectivity index (χ1n) is 6.61. The van der Waals surface area contributed by atoms with Crippen LogP contribution in [0.15, 0.2) is 60.7 Å². The predicted molar refractivity (Wildman–Crippen MR) is 83.7 cm³/mol. The smallest absolute Gasteiger partial charge is 0.123 e. The molecular formula is C18H16FN. The normalized spacial score (nSPS) is 10.8. The van der Waals surface area contributed by atoms with Crippen molar-refractivity contribution in [2.45, 2.75) is 0 Å². The molecule has 3 aromatic rings. The van der Waals surface area contributed by atoms with Crippen molar-refractivity contribution < 1.29 is 4.39 Å². The van der Waals surface area contributed by atoms with Crippen molar-refractivity contribution >= 4 is 16.5 Å². The number of fused-ring (bicyclic) bond motifs is 1. The molecule has 3 rings (SSSR count). The van der Waals surface area contributed by atoms with Crippen LogP contribution in [0, 0.1) is 5.82 Å². The lowest BCUT2D eigenvalue weighted by Crippen LogP contribution is -2.09. The van der Waals surface area contributed by atoms with Gasteiger partial charge in [0.15, 0.2) is 0 Å². The van der Waals surface area contributed by atoms with Gasteiger partial charge in [-0.1, -0.05) is 36.4 Å². The van der Waals surface area contributed by atoms with Crippen molar-refractivity contribution in [3.05, 3.63) is 66.5 Å². The average molecular weight is 265 g/mol. The molecule has 3 aromatic carbocycles. The average Bonchev–Trinajstić information content (AvgIpc) is 2.46. The molecule has 0 unspecified atom stereocenters. The number of rotatable bonds is 2. The van der Waals surface area contributed by atoms with Crippen LogP contribution in [0.2, 0.25) is 0 Å². The number of anilines is 1. The van der Waals surface area contributed by atoms with Gasteiger partial charge in [0, 0.05) is 25.2 Å². The van der Waals surface area contributed by atoms with Crippen LogP contribution in [0.3, 0.4) is 0 Å². The summed E-state index contributed by atoms with van der Waals surface area (Å²) in [6.45, 7) is 0. The summed E-state index contributed by atoms with van der Waals surface area (Å²) in [5.74, 6) is -0.206. The second kappa shape index (κ2) is 4.97. The summed E-state index contributed by atoms with van der Waals surface area (Å²) in [5, 5.41) is 2.42. The fourth-order valence-corrected chi connectivity index (χ4v) is 2.47. The lowest BCUT2D eigenvalue weighted by Gasteiger charge is -2.17. The SMILES string of the molecule is CN(C)c1cc(-c2ccc(F)cc2)cc2ccccc12. The Hall–Kier alpha value is -2.35. The van der Waals surface area contributed by atoms with Gasteiger partial charge in [-0.3, -0.25) is 0 Å². The minimum Gasteiger partial charge on any atom is -0.377 e. The molecule has 100 valence electrons. The minimum absolute atomic E-state index is 0.206. The van der Waals surface area contributed by atoms with Crippen molar-refractivity contribution in [2.24, 2.45) is 0 Å². The zero-order valence-electron chi connectivity index (χ0n) is 11.6. The van der Waals surface area contributed by atoms with Gasteiger partial charge >= 0.3 is 0 Å². The quantitative estimate of drug-likeness (QED) is 0.648. The highest BCUT2D eigenvalue weighted by atomic mass is 19.1. The van der Waals surface area contributed by atoms with Gasteiger partial charge in [-0.25, -0.2) is 4.39 Å². The van der Waals surface area contributed by atoms with Crippen LogP contribution >= 0.6 is 0 Å². The zero-order chi connectivity index (χ0) is 14.1. The molecule has 0 radical (unpaired) electrons. The van der Waals surface area contributed by atoms with E-state index in [1.165, 1.54) is 28.6 Å². The maximum Gasteiger partial charge on any atom is 0.123 e. The van der Waals surface area contributed by atoms with Crippen LogP contribution in [0.4, 0.5) is 10.1 Å². The summed E-state index contributed by atoms with van der Waals surface area (Å²) in [7, 11) is 4.08. The summed E-state index contributed by atoms with van der Waals surface area (Å²) >= 11 is 0. The van der Waals surface area contributed by atoms with E-state index in [9.17, 15) is 4.39 Å². The lowest BCUT2D eigenvalue weighted by molar-refractivity contribution is 0.628. The molecule has 0 aliphatic heterocycles. The van der Waals surface area contributed by atoms with Crippen LogP contribution in [-0.2, 0) is 0 Å². The number of nitrogens with zero attached hydrogens (tertiary/aromatic N) is 1. The second-order valence-corrected chi connectivity index (χ2v) is 5.12. The largest absolute Gasteiger partial charge is 0.377 e. The number of hydrogen-bond acceptors (Lipinski definition) is 1. The molecule has 0 aliphatic rings. The van der Waals surface area contributed by atoms with Gasteiger partial charge in [-0.05, 0) is 40.8 Å². The first-order chi connectivity index (χ1) is 9.65. The number of hydrogen-bond donors (Lipinski definition) is 0. The first kappa shape index (κ1) is 12.7. The monoisotopic (exact) mass is 265 g/mol. The molecule has 20 heavy (non-hydrogen) atoms. The van der Waals surface area contributed by atoms with E-state index in [0.717, 1.165) is 11.1 Å². The predicted octanol–water partition coefficient (Wildman–Crippen LogP) is 4.71. The van der Waals surface area contributed by atoms with Crippen molar-refractivity contribution in [3.63, 3.8) is 0 Å². The molecule has 0 amide bonds. The molecule has 0 saturated heterocycles. The first-order valence-corrected chi connectivity index (χ1v) is 6.61. The van der Waals surface area contributed by atoms with Crippen molar-refractivity contribution in [1.29, 1.82) is 0 Å². The molecule has 0 atom stereocenters. The highest BCUT2D eigenvalue weighted by Crippen LogP contribution is 2.32. The van der Waals surface area contributed by atoms with Crippen LogP contribution in [0.5, 0.6) is 0 Å². The molecule has 0 fully saturated rings. The van der Waals surface area contributed by atoms with E-state index in [-0.39, 0.29) is 5.82 Å². The summed E-state index contributed by atoms with van der Waals surface area (Å²) in [6.07, 6.45) is 0. The Morgan fingerprint density at radius 2 is 1.50 bits per heavy atom. The Balaban J connectivity index is 2.24. The van der Waals surface area contributed by atoms with E-state index >= 15 is 0 Å². The van der Waals surface area contributed by atoms with E-state index < -0.39 is 0 Å². The fraction of sp³-hybridized carbons (Fsp3) is 0.111. The molecular weight excluding hydrogens is 249 g/mol. The van der Waals surface area contributed by atoms with Gasteiger partial charge in [0.25, 0.3) is 0 Å². The van der Waals surface area contributed by atoms with Gasteiger partial charge in [0.2, 0.25) is 0 Å². The van der Waals surface area contributed by atoms with Gasteiger partial charge in [0.1, 0.15) is 5.82 Å². The Bertz CT molecular complexity index is 745. The number of benzene rings is 3. The van der Waals surface area contributed by atoms with Crippen molar-refractivity contribution in [2.75, 3.05) is 19.0 Å². The molecule has 0 bridgehead atoms. The van der Waals surface area contributed by atoms with E-state index in [4.69, 9.17) is 0 Å². The van der Waals surface area contributed by atoms with Gasteiger partial charge in [0.05, 0.1) is 0 Å². The molecule has 2 heteroatoms. The fourth-order valence-electron chi connectivity index (χ4n) is 2.47. The Morgan fingerprint density at radius 1 is 0.800 bits per heavy atom. The standard InChI is InChI=1S/C18H16FN/c1-20(2)18-12-15(13-7-9-16(19)10-8-13)11-14-5-3-4-6-17(14)18/h3-12H,1-2H3. The van der Waals surface area contributed by atoms with E-state index in [2.05, 4.69) is 29.2 Å². The molecule has 1 nitrogen and oxygen atoms in total. The van der Waals surface area contributed by atoms with E-state index in [1.807, 2.05) is 38.4 Å². The van der Waals surface area contributed by atoms with Gasteiger partial charge in [-0.2, -0.15) is 0 Å². The van der Waals surface area contributed by atoms with Crippen LogP contribution in [0.1, 0.15) is 0 Å². The molecule has 0 saturated carbocycles.